The van der Waals surface area contributed by atoms with E-state index in [0.29, 0.717) is 10.8 Å². The molecule has 226 valence electrons. The number of hydrogen-bond acceptors (Lipinski definition) is 0. The fraction of sp³-hybridized carbons (Fsp3) is 0.700. The van der Waals surface area contributed by atoms with Crippen LogP contribution < -0.4 is 0 Å². The van der Waals surface area contributed by atoms with Crippen molar-refractivity contribution >= 4 is 0 Å². The van der Waals surface area contributed by atoms with Crippen molar-refractivity contribution < 1.29 is 0 Å². The molecule has 40 heavy (non-hydrogen) atoms. The molecule has 1 saturated carbocycles. The van der Waals surface area contributed by atoms with E-state index in [2.05, 4.69) is 112 Å². The quantitative estimate of drug-likeness (QED) is 0.150. The van der Waals surface area contributed by atoms with E-state index in [0.717, 1.165) is 24.2 Å². The van der Waals surface area contributed by atoms with Gasteiger partial charge in [-0.15, -0.1) is 0 Å². The summed E-state index contributed by atoms with van der Waals surface area (Å²) < 4.78 is 0. The van der Waals surface area contributed by atoms with E-state index in [-0.39, 0.29) is 0 Å². The van der Waals surface area contributed by atoms with Crippen LogP contribution in [0.25, 0.3) is 0 Å². The van der Waals surface area contributed by atoms with E-state index < -0.39 is 0 Å². The summed E-state index contributed by atoms with van der Waals surface area (Å²) in [4.78, 5) is 0. The van der Waals surface area contributed by atoms with Crippen molar-refractivity contribution in [2.24, 2.45) is 28.6 Å². The van der Waals surface area contributed by atoms with Gasteiger partial charge in [0.05, 0.1) is 0 Å². The van der Waals surface area contributed by atoms with Crippen LogP contribution in [0.2, 0.25) is 0 Å². The maximum atomic E-state index is 2.51. The Morgan fingerprint density at radius 1 is 0.950 bits per heavy atom. The summed E-state index contributed by atoms with van der Waals surface area (Å²) >= 11 is 0. The summed E-state index contributed by atoms with van der Waals surface area (Å²) in [5.41, 5.74) is 8.73. The minimum Gasteiger partial charge on any atom is -0.0856 e. The molecular weight excluding hydrogens is 480 g/mol. The highest BCUT2D eigenvalue weighted by atomic mass is 14.4. The minimum atomic E-state index is 0.409. The van der Waals surface area contributed by atoms with Gasteiger partial charge in [-0.05, 0) is 127 Å². The van der Waals surface area contributed by atoms with E-state index in [9.17, 15) is 0 Å². The third-order valence-corrected chi connectivity index (χ3v) is 10.4. The lowest BCUT2D eigenvalue weighted by Crippen LogP contribution is -2.33. The lowest BCUT2D eigenvalue weighted by molar-refractivity contribution is 0.0767. The lowest BCUT2D eigenvalue weighted by Gasteiger charge is -2.43. The Morgan fingerprint density at radius 3 is 2.40 bits per heavy atom. The van der Waals surface area contributed by atoms with Gasteiger partial charge in [0, 0.05) is 0 Å². The van der Waals surface area contributed by atoms with Crippen LogP contribution in [-0.4, -0.2) is 0 Å². The SMILES string of the molecule is CC1=C(CC/C(C)=C\CCC(C)C/C=C/C=C(C)/C=C/C=C(\C)CC[C@H]2[C@H](C)CCCC2(C)C)C(C)(C)CCC1. The molecular formula is C40H66. The molecule has 1 fully saturated rings. The standard InChI is InChI=1S/C40H66/c1-31(19-13-21-33(3)25-27-37-35(5)23-15-29-39(37,7)8)17-11-12-18-32(2)20-14-22-34(4)26-28-38-36(6)24-16-30-40(38,9)10/h11-13,17,19,21-22,32,35,37H,14-16,18,20,23-30H2,1-10H3/b12-11+,19-13+,31-17+,33-21+,34-22-/t32?,35-,37+/m1/s1. The van der Waals surface area contributed by atoms with Gasteiger partial charge in [0.1, 0.15) is 0 Å². The molecule has 0 aliphatic heterocycles. The number of allylic oxidation sites excluding steroid dienone is 12. The Bertz CT molecular complexity index is 954. The van der Waals surface area contributed by atoms with Gasteiger partial charge in [0.25, 0.3) is 0 Å². The van der Waals surface area contributed by atoms with Crippen molar-refractivity contribution in [1.29, 1.82) is 0 Å². The zero-order chi connectivity index (χ0) is 29.8. The van der Waals surface area contributed by atoms with Crippen LogP contribution in [-0.2, 0) is 0 Å². The van der Waals surface area contributed by atoms with Gasteiger partial charge >= 0.3 is 0 Å². The summed E-state index contributed by atoms with van der Waals surface area (Å²) in [7, 11) is 0. The zero-order valence-electron chi connectivity index (χ0n) is 28.5. The maximum Gasteiger partial charge on any atom is -0.0142 e. The number of hydrogen-bond donors (Lipinski definition) is 0. The molecule has 2 rings (SSSR count). The molecule has 0 bridgehead atoms. The summed E-state index contributed by atoms with van der Waals surface area (Å²) in [5, 5.41) is 0. The smallest absolute Gasteiger partial charge is 0.0142 e. The van der Waals surface area contributed by atoms with Gasteiger partial charge in [0.15, 0.2) is 0 Å². The summed E-state index contributed by atoms with van der Waals surface area (Å²) in [6.07, 6.45) is 33.2. The van der Waals surface area contributed by atoms with Gasteiger partial charge in [-0.2, -0.15) is 0 Å². The van der Waals surface area contributed by atoms with Gasteiger partial charge < -0.3 is 0 Å². The van der Waals surface area contributed by atoms with Crippen LogP contribution in [0.4, 0.5) is 0 Å². The Labute approximate surface area is 251 Å². The molecule has 0 radical (unpaired) electrons. The number of rotatable bonds is 14. The molecule has 3 atom stereocenters. The van der Waals surface area contributed by atoms with Crippen molar-refractivity contribution in [1.82, 2.24) is 0 Å². The molecule has 0 aromatic carbocycles. The van der Waals surface area contributed by atoms with Crippen molar-refractivity contribution in [2.75, 3.05) is 0 Å². The van der Waals surface area contributed by atoms with Crippen molar-refractivity contribution in [2.45, 2.75) is 153 Å². The van der Waals surface area contributed by atoms with Crippen LogP contribution in [0.5, 0.6) is 0 Å². The molecule has 0 nitrogen and oxygen atoms in total. The van der Waals surface area contributed by atoms with Gasteiger partial charge in [-0.1, -0.05) is 125 Å². The summed E-state index contributed by atoms with van der Waals surface area (Å²) in [5.74, 6) is 2.47. The molecule has 0 aromatic rings. The van der Waals surface area contributed by atoms with E-state index in [1.807, 2.05) is 0 Å². The average molecular weight is 547 g/mol. The van der Waals surface area contributed by atoms with Gasteiger partial charge in [-0.3, -0.25) is 0 Å². The van der Waals surface area contributed by atoms with Crippen molar-refractivity contribution in [3.8, 4) is 0 Å². The molecule has 2 aliphatic rings. The third-order valence-electron chi connectivity index (χ3n) is 10.4. The second-order valence-corrected chi connectivity index (χ2v) is 15.2. The monoisotopic (exact) mass is 547 g/mol. The maximum absolute atomic E-state index is 2.51. The first kappa shape index (κ1) is 34.6. The predicted molar refractivity (Wildman–Crippen MR) is 182 cm³/mol. The Morgan fingerprint density at radius 2 is 1.70 bits per heavy atom. The fourth-order valence-corrected chi connectivity index (χ4v) is 7.51. The molecule has 0 spiro atoms. The lowest BCUT2D eigenvalue weighted by atomic mass is 9.62. The fourth-order valence-electron chi connectivity index (χ4n) is 7.51. The zero-order valence-corrected chi connectivity index (χ0v) is 28.5. The highest BCUT2D eigenvalue weighted by Crippen LogP contribution is 2.46. The molecule has 1 unspecified atom stereocenters. The molecule has 0 heterocycles. The first-order chi connectivity index (χ1) is 18.8. The van der Waals surface area contributed by atoms with Crippen molar-refractivity contribution in [3.63, 3.8) is 0 Å². The molecule has 2 aliphatic carbocycles. The van der Waals surface area contributed by atoms with Crippen LogP contribution in [0, 0.1) is 28.6 Å². The topological polar surface area (TPSA) is 0 Å². The van der Waals surface area contributed by atoms with E-state index in [1.165, 1.54) is 88.2 Å². The molecule has 0 N–H and O–H groups in total. The minimum absolute atomic E-state index is 0.409. The first-order valence-corrected chi connectivity index (χ1v) is 16.8. The molecule has 0 heteroatoms. The third kappa shape index (κ3) is 12.1. The second-order valence-electron chi connectivity index (χ2n) is 15.2. The van der Waals surface area contributed by atoms with Crippen LogP contribution in [0.15, 0.2) is 70.4 Å². The normalized spacial score (nSPS) is 25.3. The van der Waals surface area contributed by atoms with E-state index >= 15 is 0 Å². The van der Waals surface area contributed by atoms with Gasteiger partial charge in [-0.25, -0.2) is 0 Å². The highest BCUT2D eigenvalue weighted by molar-refractivity contribution is 5.26. The van der Waals surface area contributed by atoms with Crippen LogP contribution in [0.3, 0.4) is 0 Å². The first-order valence-electron chi connectivity index (χ1n) is 16.8. The predicted octanol–water partition coefficient (Wildman–Crippen LogP) is 13.3. The average Bonchev–Trinajstić information content (AvgIpc) is 2.85. The molecule has 0 saturated heterocycles. The molecule has 0 amide bonds. The second kappa shape index (κ2) is 16.8. The Balaban J connectivity index is 1.68. The molecule has 0 aromatic heterocycles. The van der Waals surface area contributed by atoms with E-state index in [1.54, 1.807) is 16.7 Å². The summed E-state index contributed by atoms with van der Waals surface area (Å²) in [6.45, 7) is 24.0. The van der Waals surface area contributed by atoms with Gasteiger partial charge in [0.2, 0.25) is 0 Å². The van der Waals surface area contributed by atoms with Crippen LogP contribution >= 0.6 is 0 Å². The van der Waals surface area contributed by atoms with Crippen LogP contribution in [0.1, 0.15) is 153 Å². The highest BCUT2D eigenvalue weighted by Gasteiger charge is 2.36. The Hall–Kier alpha value is -1.56. The van der Waals surface area contributed by atoms with Crippen molar-refractivity contribution in [3.05, 3.63) is 70.4 Å². The Kier molecular flexibility index (Phi) is 14.5. The largest absolute Gasteiger partial charge is 0.0856 e. The van der Waals surface area contributed by atoms with E-state index in [4.69, 9.17) is 0 Å². The summed E-state index contributed by atoms with van der Waals surface area (Å²) in [6, 6.07) is 0.